The molecule has 0 bridgehead atoms. The maximum Gasteiger partial charge on any atom is 0.438 e. The average Bonchev–Trinajstić information content (AvgIpc) is 3.36. The fraction of sp³-hybridized carbons (Fsp3) is 1.00. The minimum atomic E-state index is -0.378. The van der Waals surface area contributed by atoms with Crippen LogP contribution in [0.25, 0.3) is 0 Å². The molecule has 2 spiro atoms. The van der Waals surface area contributed by atoms with Gasteiger partial charge in [0.05, 0.1) is 25.4 Å². The van der Waals surface area contributed by atoms with Crippen molar-refractivity contribution in [1.29, 1.82) is 0 Å². The Bertz CT molecular complexity index is 434. The van der Waals surface area contributed by atoms with E-state index in [-0.39, 0.29) is 36.0 Å². The summed E-state index contributed by atoms with van der Waals surface area (Å²) in [4.78, 5) is 0. The summed E-state index contributed by atoms with van der Waals surface area (Å²) in [6, 6.07) is 0. The van der Waals surface area contributed by atoms with Gasteiger partial charge in [-0.25, -0.2) is 0 Å². The molecule has 0 amide bonds. The summed E-state index contributed by atoms with van der Waals surface area (Å²) in [6.45, 7) is 1.17. The molecule has 7 heteroatoms. The molecule has 0 aromatic heterocycles. The third-order valence-corrected chi connectivity index (χ3v) is 6.56. The zero-order valence-corrected chi connectivity index (χ0v) is 15.0. The molecular formula is C18H29BO6. The molecule has 25 heavy (non-hydrogen) atoms. The van der Waals surface area contributed by atoms with Crippen molar-refractivity contribution in [3.8, 4) is 0 Å². The lowest BCUT2D eigenvalue weighted by molar-refractivity contribution is -0.206. The average molecular weight is 352 g/mol. The lowest BCUT2D eigenvalue weighted by Gasteiger charge is -2.34. The summed E-state index contributed by atoms with van der Waals surface area (Å²) >= 11 is 0. The maximum absolute atomic E-state index is 6.38. The van der Waals surface area contributed by atoms with Gasteiger partial charge in [0.1, 0.15) is 12.2 Å². The third-order valence-electron chi connectivity index (χ3n) is 6.56. The summed E-state index contributed by atoms with van der Waals surface area (Å²) in [5.41, 5.74) is 0. The van der Waals surface area contributed by atoms with Crippen LogP contribution in [0.15, 0.2) is 0 Å². The van der Waals surface area contributed by atoms with Gasteiger partial charge in [0.2, 0.25) is 0 Å². The van der Waals surface area contributed by atoms with E-state index in [0.717, 1.165) is 25.7 Å². The van der Waals surface area contributed by atoms with Crippen LogP contribution in [0.1, 0.15) is 64.2 Å². The Kier molecular flexibility index (Phi) is 4.59. The van der Waals surface area contributed by atoms with Crippen LogP contribution in [0, 0.1) is 0 Å². The van der Waals surface area contributed by atoms with E-state index in [1.165, 1.54) is 38.5 Å². The minimum absolute atomic E-state index is 0.0721. The van der Waals surface area contributed by atoms with Crippen LogP contribution < -0.4 is 0 Å². The van der Waals surface area contributed by atoms with E-state index < -0.39 is 0 Å². The maximum atomic E-state index is 6.38. The van der Waals surface area contributed by atoms with Gasteiger partial charge in [-0.1, -0.05) is 12.8 Å². The van der Waals surface area contributed by atoms with E-state index in [1.54, 1.807) is 0 Å². The second-order valence-electron chi connectivity index (χ2n) is 8.26. The smallest absolute Gasteiger partial charge is 0.406 e. The highest BCUT2D eigenvalue weighted by Gasteiger charge is 2.53. The Morgan fingerprint density at radius 2 is 1.04 bits per heavy atom. The van der Waals surface area contributed by atoms with Gasteiger partial charge >= 0.3 is 7.69 Å². The first-order valence-electron chi connectivity index (χ1n) is 10.1. The highest BCUT2D eigenvalue weighted by molar-refractivity contribution is 6.19. The molecule has 5 rings (SSSR count). The predicted octanol–water partition coefficient (Wildman–Crippen LogP) is 2.19. The molecular weight excluding hydrogens is 323 g/mol. The van der Waals surface area contributed by atoms with E-state index in [0.29, 0.717) is 20.9 Å². The summed E-state index contributed by atoms with van der Waals surface area (Å²) in [5, 5.41) is 0. The molecule has 140 valence electrons. The van der Waals surface area contributed by atoms with Gasteiger partial charge in [-0.15, -0.1) is 0 Å². The van der Waals surface area contributed by atoms with Crippen molar-refractivity contribution >= 4 is 7.69 Å². The third kappa shape index (κ3) is 3.17. The zero-order chi connectivity index (χ0) is 16.7. The number of hydrogen-bond acceptors (Lipinski definition) is 6. The van der Waals surface area contributed by atoms with Crippen LogP contribution in [-0.4, -0.2) is 56.9 Å². The molecule has 0 aromatic rings. The minimum Gasteiger partial charge on any atom is -0.406 e. The van der Waals surface area contributed by atoms with Gasteiger partial charge in [-0.3, -0.25) is 0 Å². The van der Waals surface area contributed by atoms with Crippen molar-refractivity contribution in [3.63, 3.8) is 0 Å². The van der Waals surface area contributed by atoms with Gasteiger partial charge in [0, 0.05) is 25.7 Å². The molecule has 5 aliphatic rings. The van der Waals surface area contributed by atoms with Crippen molar-refractivity contribution in [2.24, 2.45) is 0 Å². The van der Waals surface area contributed by atoms with Crippen molar-refractivity contribution in [2.45, 2.75) is 100 Å². The van der Waals surface area contributed by atoms with Crippen LogP contribution >= 0.6 is 0 Å². The Morgan fingerprint density at radius 1 is 0.600 bits per heavy atom. The van der Waals surface area contributed by atoms with Gasteiger partial charge < -0.3 is 28.3 Å². The quantitative estimate of drug-likeness (QED) is 0.710. The van der Waals surface area contributed by atoms with Gasteiger partial charge in [-0.05, 0) is 25.7 Å². The van der Waals surface area contributed by atoms with E-state index in [4.69, 9.17) is 28.3 Å². The molecule has 3 aliphatic heterocycles. The molecule has 6 nitrogen and oxygen atoms in total. The fourth-order valence-electron chi connectivity index (χ4n) is 5.21. The monoisotopic (exact) mass is 352 g/mol. The zero-order valence-electron chi connectivity index (χ0n) is 15.0. The number of hydrogen-bond donors (Lipinski definition) is 0. The first kappa shape index (κ1) is 17.0. The van der Waals surface area contributed by atoms with Crippen LogP contribution in [0.5, 0.6) is 0 Å². The summed E-state index contributed by atoms with van der Waals surface area (Å²) in [7, 11) is 0.301. The van der Waals surface area contributed by atoms with E-state index in [1.807, 2.05) is 0 Å². The van der Waals surface area contributed by atoms with Crippen LogP contribution in [0.2, 0.25) is 0 Å². The highest BCUT2D eigenvalue weighted by Crippen LogP contribution is 2.43. The number of rotatable bonds is 2. The first-order chi connectivity index (χ1) is 12.3. The summed E-state index contributed by atoms with van der Waals surface area (Å²) < 4.78 is 36.8. The Balaban J connectivity index is 1.24. The predicted molar refractivity (Wildman–Crippen MR) is 90.2 cm³/mol. The van der Waals surface area contributed by atoms with Crippen LogP contribution in [0.4, 0.5) is 0 Å². The fourth-order valence-corrected chi connectivity index (χ4v) is 5.21. The normalized spacial score (nSPS) is 42.9. The van der Waals surface area contributed by atoms with E-state index in [9.17, 15) is 0 Å². The molecule has 0 N–H and O–H groups in total. The molecule has 5 fully saturated rings. The van der Waals surface area contributed by atoms with Gasteiger partial charge in [0.25, 0.3) is 0 Å². The standard InChI is InChI=1S/C18H29BO6/c1-3-7-17(8-4-1)20-11-13(22-17)15-16(25-19-24-15)14-12-21-18(23-14)9-5-2-6-10-18/h13-16,19H,1-12H2/t13-,14?,15-,16-/m0/s1. The van der Waals surface area contributed by atoms with E-state index >= 15 is 0 Å². The lowest BCUT2D eigenvalue weighted by atomic mass is 9.94. The summed E-state index contributed by atoms with van der Waals surface area (Å²) in [5.74, 6) is -0.756. The molecule has 0 radical (unpaired) electrons. The van der Waals surface area contributed by atoms with Crippen molar-refractivity contribution < 1.29 is 28.3 Å². The number of ether oxygens (including phenoxy) is 4. The Hall–Kier alpha value is -0.175. The Labute approximate surface area is 150 Å². The van der Waals surface area contributed by atoms with Crippen molar-refractivity contribution in [3.05, 3.63) is 0 Å². The van der Waals surface area contributed by atoms with Crippen molar-refractivity contribution in [1.82, 2.24) is 0 Å². The summed E-state index contributed by atoms with van der Waals surface area (Å²) in [6.07, 6.45) is 10.8. The van der Waals surface area contributed by atoms with Crippen molar-refractivity contribution in [2.75, 3.05) is 13.2 Å². The molecule has 4 atom stereocenters. The highest BCUT2D eigenvalue weighted by atomic mass is 16.8. The second kappa shape index (κ2) is 6.77. The van der Waals surface area contributed by atoms with Gasteiger partial charge in [0.15, 0.2) is 11.6 Å². The topological polar surface area (TPSA) is 55.4 Å². The first-order valence-corrected chi connectivity index (χ1v) is 10.1. The molecule has 0 aromatic carbocycles. The molecule has 3 saturated heterocycles. The largest absolute Gasteiger partial charge is 0.438 e. The van der Waals surface area contributed by atoms with Crippen LogP contribution in [0.3, 0.4) is 0 Å². The van der Waals surface area contributed by atoms with Crippen LogP contribution in [-0.2, 0) is 28.3 Å². The molecule has 2 aliphatic carbocycles. The van der Waals surface area contributed by atoms with E-state index in [2.05, 4.69) is 0 Å². The molecule has 2 saturated carbocycles. The SMILES string of the molecule is B1O[C@@H]([C@@H]2COC3(CCCCC3)O2)[C@H](C2COC3(CCCCC3)O2)O1. The van der Waals surface area contributed by atoms with Gasteiger partial charge in [-0.2, -0.15) is 0 Å². The molecule has 3 heterocycles. The Morgan fingerprint density at radius 3 is 1.48 bits per heavy atom. The molecule has 1 unspecified atom stereocenters. The lowest BCUT2D eigenvalue weighted by Crippen LogP contribution is -2.46. The second-order valence-corrected chi connectivity index (χ2v) is 8.26.